The summed E-state index contributed by atoms with van der Waals surface area (Å²) in [7, 11) is 0. The number of carbonyl (C=O) groups excluding carboxylic acids is 4. The van der Waals surface area contributed by atoms with Gasteiger partial charge < -0.3 is 50.3 Å². The van der Waals surface area contributed by atoms with Crippen molar-refractivity contribution in [3.8, 4) is 45.0 Å². The first-order valence-corrected chi connectivity index (χ1v) is 47.5. The zero-order valence-corrected chi connectivity index (χ0v) is 78.0. The molecule has 6 aliphatic rings. The molecule has 20 rings (SSSR count). The van der Waals surface area contributed by atoms with Crippen molar-refractivity contribution in [2.24, 2.45) is 23.7 Å². The Morgan fingerprint density at radius 1 is 0.404 bits per heavy atom. The first-order valence-electron chi connectivity index (χ1n) is 47.5. The van der Waals surface area contributed by atoms with Crippen LogP contribution in [0.4, 0.5) is 36.7 Å². The number of carbonyl (C=O) groups is 4. The summed E-state index contributed by atoms with van der Waals surface area (Å²) in [5.41, 5.74) is 14.8. The number of fused-ring (bicyclic) bond motifs is 4. The van der Waals surface area contributed by atoms with Gasteiger partial charge in [0.15, 0.2) is 0 Å². The fourth-order valence-corrected chi connectivity index (χ4v) is 19.3. The van der Waals surface area contributed by atoms with Crippen molar-refractivity contribution in [3.05, 3.63) is 288 Å². The number of hydrogen-bond acceptors (Lipinski definition) is 20. The molecule has 136 heavy (non-hydrogen) atoms. The van der Waals surface area contributed by atoms with Crippen molar-refractivity contribution in [3.63, 3.8) is 0 Å². The van der Waals surface area contributed by atoms with Gasteiger partial charge in [-0.25, -0.2) is 39.4 Å². The van der Waals surface area contributed by atoms with Crippen LogP contribution in [0.5, 0.6) is 0 Å². The minimum absolute atomic E-state index is 0.0261. The molecular formula is C105H117F3N22O6. The maximum absolute atomic E-state index is 14.1. The maximum atomic E-state index is 14.1. The Labute approximate surface area is 790 Å². The summed E-state index contributed by atoms with van der Waals surface area (Å²) in [5, 5.41) is 27.8. The number of ether oxygens (including phenoxy) is 2. The van der Waals surface area contributed by atoms with Gasteiger partial charge in [-0.15, -0.1) is 0 Å². The molecule has 4 saturated heterocycles. The summed E-state index contributed by atoms with van der Waals surface area (Å²) >= 11 is 0. The second-order valence-electron chi connectivity index (χ2n) is 36.1. The second-order valence-corrected chi connectivity index (χ2v) is 36.1. The molecule has 8 atom stereocenters. The van der Waals surface area contributed by atoms with Crippen molar-refractivity contribution in [2.45, 2.75) is 163 Å². The van der Waals surface area contributed by atoms with E-state index in [0.717, 1.165) is 168 Å². The lowest BCUT2D eigenvalue weighted by Gasteiger charge is -2.40. The number of anilines is 4. The number of alkyl halides is 3. The standard InChI is InChI=1S/C27H26F3N5O.C26H32N6O2.C26H28N6O.C26H31N5O2/c1-18-8-7-15-34(21(18)17-32-22-13-12-20(16-31-22)27(28,29)30)26(36)25-24(19-9-3-2-4-10-19)33-23-11-5-6-14-35(23)25;1-3-19-14-27-26(28-15-19)29-16-21-18(2)8-7-11-31(21)25(33)23-22-17-34-13-12-32(22)30-24(23)20-9-5-4-6-10-20;1-18-15-27-26(28-16-18)29-17-22-19(2)9-8-13-31(22)25(33)23-21-12-6-7-14-32(21)30-24(23)20-10-4-3-5-11-20;1-18-10-11-23(27-15-18)28-16-21-19(2)7-6-12-30(21)26(32)24-22-17-33-14-13-31(22)29-25(24)20-8-4-3-5-9-20/h2-6,9-14,16,18,21H,7-8,15,17H2,1H3,(H,31,32);4-6,9-10,14-15,18,21H,3,7-8,11-13,16-17H2,1-2H3,(H,27,28,29);3-7,10-12,14-16,19,22H,8-9,13,17H2,1-2H3,(H,27,28,29);3-5,8-11,15,19,21H,6-7,12-14,16-17H2,1-2H3,(H,27,28)/t2*18-,21-;19-,22-;19-,21-/m1111/s1. The molecular weight excluding hydrogens is 1720 g/mol. The molecule has 28 nitrogen and oxygen atoms in total. The minimum Gasteiger partial charge on any atom is -0.373 e. The molecule has 14 aromatic rings. The van der Waals surface area contributed by atoms with Crippen LogP contribution in [-0.4, -0.2) is 201 Å². The predicted molar refractivity (Wildman–Crippen MR) is 519 cm³/mol. The monoisotopic (exact) mass is 1840 g/mol. The third kappa shape index (κ3) is 21.3. The Morgan fingerprint density at radius 3 is 1.24 bits per heavy atom. The molecule has 4 amide bonds. The zero-order chi connectivity index (χ0) is 94.4. The molecule has 0 radical (unpaired) electrons. The van der Waals surface area contributed by atoms with Crippen LogP contribution in [0.25, 0.3) is 56.2 Å². The number of benzene rings is 4. The molecule has 16 heterocycles. The minimum atomic E-state index is -4.43. The molecule has 0 bridgehead atoms. The van der Waals surface area contributed by atoms with Crippen LogP contribution in [0, 0.1) is 37.5 Å². The van der Waals surface area contributed by atoms with E-state index in [4.69, 9.17) is 29.8 Å². The highest BCUT2D eigenvalue weighted by molar-refractivity contribution is 6.07. The molecule has 0 spiro atoms. The summed E-state index contributed by atoms with van der Waals surface area (Å²) in [5.74, 6) is 3.68. The molecule has 6 aliphatic heterocycles. The first-order chi connectivity index (χ1) is 66.2. The van der Waals surface area contributed by atoms with E-state index in [1.165, 1.54) is 6.07 Å². The summed E-state index contributed by atoms with van der Waals surface area (Å²) < 4.78 is 57.6. The number of rotatable bonds is 21. The van der Waals surface area contributed by atoms with Crippen molar-refractivity contribution in [2.75, 3.05) is 86.8 Å². The van der Waals surface area contributed by atoms with E-state index in [-0.39, 0.29) is 53.7 Å². The van der Waals surface area contributed by atoms with Crippen molar-refractivity contribution in [1.82, 2.24) is 88.1 Å². The van der Waals surface area contributed by atoms with E-state index in [0.29, 0.717) is 141 Å². The summed E-state index contributed by atoms with van der Waals surface area (Å²) in [4.78, 5) is 95.2. The second kappa shape index (κ2) is 43.1. The Bertz CT molecular complexity index is 6390. The van der Waals surface area contributed by atoms with Crippen LogP contribution >= 0.6 is 0 Å². The normalized spacial score (nSPS) is 19.3. The summed E-state index contributed by atoms with van der Waals surface area (Å²) in [6, 6.07) is 57.4. The van der Waals surface area contributed by atoms with Crippen LogP contribution in [-0.2, 0) is 48.4 Å². The van der Waals surface area contributed by atoms with E-state index in [9.17, 15) is 32.3 Å². The van der Waals surface area contributed by atoms with E-state index in [1.807, 2.05) is 248 Å². The average molecular weight is 1840 g/mol. The van der Waals surface area contributed by atoms with E-state index in [2.05, 4.69) is 85.8 Å². The number of pyridine rings is 4. The summed E-state index contributed by atoms with van der Waals surface area (Å²) in [6.07, 6.45) is 18.3. The highest BCUT2D eigenvalue weighted by Gasteiger charge is 2.42. The van der Waals surface area contributed by atoms with Crippen LogP contribution < -0.4 is 21.3 Å². The van der Waals surface area contributed by atoms with Crippen LogP contribution in [0.15, 0.2) is 232 Å². The van der Waals surface area contributed by atoms with Crippen molar-refractivity contribution >= 4 is 58.3 Å². The van der Waals surface area contributed by atoms with Gasteiger partial charge in [0, 0.05) is 124 Å². The number of halogens is 3. The molecule has 10 aromatic heterocycles. The van der Waals surface area contributed by atoms with E-state index < -0.39 is 11.7 Å². The number of aryl methyl sites for hydroxylation is 3. The van der Waals surface area contributed by atoms with Crippen molar-refractivity contribution in [1.29, 1.82) is 0 Å². The van der Waals surface area contributed by atoms with Gasteiger partial charge in [0.05, 0.1) is 103 Å². The van der Waals surface area contributed by atoms with Crippen molar-refractivity contribution < 1.29 is 41.8 Å². The molecule has 4 fully saturated rings. The van der Waals surface area contributed by atoms with Gasteiger partial charge in [-0.2, -0.15) is 28.5 Å². The third-order valence-corrected chi connectivity index (χ3v) is 26.9. The molecule has 0 aliphatic carbocycles. The number of amides is 4. The molecule has 0 unspecified atom stereocenters. The predicted octanol–water partition coefficient (Wildman–Crippen LogP) is 18.1. The highest BCUT2D eigenvalue weighted by atomic mass is 19.4. The zero-order valence-electron chi connectivity index (χ0n) is 78.0. The Balaban J connectivity index is 0.000000126. The fourth-order valence-electron chi connectivity index (χ4n) is 19.3. The molecule has 31 heteroatoms. The average Bonchev–Trinajstić information content (AvgIpc) is 1.55. The van der Waals surface area contributed by atoms with Gasteiger partial charge in [-0.3, -0.25) is 32.9 Å². The molecule has 4 N–H and O–H groups in total. The smallest absolute Gasteiger partial charge is 0.373 e. The largest absolute Gasteiger partial charge is 0.417 e. The highest BCUT2D eigenvalue weighted by Crippen LogP contribution is 2.39. The number of imidazole rings is 1. The SMILES string of the molecule is CCc1cnc(NC[C@@H]2[C@H](C)CCCN2C(=O)c2c(-c3ccccc3)nn3c2COCC3)nc1.C[C@@H]1CCCN(C(=O)c2c(-c3ccccc3)nc3ccccn23)[C@@H]1CNc1ccc(C(F)(F)F)cn1.Cc1ccc(NC[C@@H]2[C@H](C)CCCN2C(=O)c2c(-c3ccccc3)nn3c2COCC3)nc1.Cc1cnc(NC[C@@H]2[C@H](C)CCCN2C(=O)c2c(-c3ccccc3)nn3ccccc23)nc1. The topological polar surface area (TPSA) is 295 Å². The van der Waals surface area contributed by atoms with Crippen LogP contribution in [0.2, 0.25) is 0 Å². The molecule has 704 valence electrons. The van der Waals surface area contributed by atoms with Gasteiger partial charge in [0.1, 0.15) is 45.8 Å². The van der Waals surface area contributed by atoms with Gasteiger partial charge in [0.2, 0.25) is 11.9 Å². The Hall–Kier alpha value is -14.1. The fraction of sp³-hybridized carbons (Fsp3) is 0.371. The first kappa shape index (κ1) is 93.7. The number of piperidine rings is 4. The summed E-state index contributed by atoms with van der Waals surface area (Å²) in [6.45, 7) is 23.3. The lowest BCUT2D eigenvalue weighted by atomic mass is 9.89. The third-order valence-electron chi connectivity index (χ3n) is 26.9. The Kier molecular flexibility index (Phi) is 29.7. The molecule has 4 aromatic carbocycles. The Morgan fingerprint density at radius 2 is 0.801 bits per heavy atom. The lowest BCUT2D eigenvalue weighted by Crippen LogP contribution is -2.51. The molecule has 0 saturated carbocycles. The van der Waals surface area contributed by atoms with Gasteiger partial charge in [-0.1, -0.05) is 174 Å². The number of nitrogens with one attached hydrogen (secondary N) is 4. The van der Waals surface area contributed by atoms with Crippen LogP contribution in [0.3, 0.4) is 0 Å². The van der Waals surface area contributed by atoms with E-state index in [1.54, 1.807) is 16.9 Å². The van der Waals surface area contributed by atoms with Gasteiger partial charge >= 0.3 is 6.18 Å². The number of aromatic nitrogens is 14. The van der Waals surface area contributed by atoms with E-state index >= 15 is 0 Å². The maximum Gasteiger partial charge on any atom is 0.417 e. The van der Waals surface area contributed by atoms with Gasteiger partial charge in [-0.05, 0) is 154 Å². The lowest BCUT2D eigenvalue weighted by molar-refractivity contribution is -0.137. The van der Waals surface area contributed by atoms with Crippen LogP contribution in [0.1, 0.15) is 161 Å². The quantitative estimate of drug-likeness (QED) is 0.0520. The number of nitrogens with zero attached hydrogens (tertiary/aromatic N) is 18. The number of hydrogen-bond donors (Lipinski definition) is 4. The number of likely N-dealkylation sites (tertiary alicyclic amines) is 4. The van der Waals surface area contributed by atoms with Gasteiger partial charge in [0.25, 0.3) is 23.6 Å².